The van der Waals surface area contributed by atoms with Crippen LogP contribution in [0.5, 0.6) is 0 Å². The van der Waals surface area contributed by atoms with Gasteiger partial charge in [-0.15, -0.1) is 0 Å². The number of anilines is 1. The maximum absolute atomic E-state index is 5.92. The molecule has 2 heteroatoms. The fraction of sp³-hybridized carbons (Fsp3) is 0.143. The number of benzene rings is 2. The predicted octanol–water partition coefficient (Wildman–Crippen LogP) is 3.56. The molecular formula is C14H12BrN. The molecule has 0 amide bonds. The molecule has 0 aliphatic rings. The van der Waals surface area contributed by atoms with Gasteiger partial charge in [0.05, 0.1) is 0 Å². The predicted molar refractivity (Wildman–Crippen MR) is 73.6 cm³/mol. The van der Waals surface area contributed by atoms with Gasteiger partial charge in [0.2, 0.25) is 0 Å². The van der Waals surface area contributed by atoms with Crippen LogP contribution in [0.1, 0.15) is 12.0 Å². The van der Waals surface area contributed by atoms with E-state index in [0.29, 0.717) is 0 Å². The molecule has 0 aromatic heterocycles. The average Bonchev–Trinajstić information content (AvgIpc) is 2.33. The van der Waals surface area contributed by atoms with Crippen molar-refractivity contribution in [2.45, 2.75) is 6.42 Å². The highest BCUT2D eigenvalue weighted by atomic mass is 79.9. The van der Waals surface area contributed by atoms with Crippen LogP contribution in [-0.4, -0.2) is 5.33 Å². The molecule has 16 heavy (non-hydrogen) atoms. The summed E-state index contributed by atoms with van der Waals surface area (Å²) in [5, 5.41) is 3.12. The van der Waals surface area contributed by atoms with E-state index in [2.05, 4.69) is 33.8 Å². The molecule has 0 radical (unpaired) electrons. The van der Waals surface area contributed by atoms with Gasteiger partial charge in [-0.3, -0.25) is 0 Å². The van der Waals surface area contributed by atoms with E-state index in [1.54, 1.807) is 0 Å². The van der Waals surface area contributed by atoms with E-state index >= 15 is 0 Å². The summed E-state index contributed by atoms with van der Waals surface area (Å²) in [6.45, 7) is 0. The van der Waals surface area contributed by atoms with E-state index in [9.17, 15) is 0 Å². The second-order valence-electron chi connectivity index (χ2n) is 3.49. The highest BCUT2D eigenvalue weighted by Gasteiger charge is 2.00. The van der Waals surface area contributed by atoms with Crippen LogP contribution >= 0.6 is 15.9 Å². The van der Waals surface area contributed by atoms with Gasteiger partial charge < -0.3 is 5.73 Å². The maximum Gasteiger partial charge on any atom is 0.0394 e. The Kier molecular flexibility index (Phi) is 3.48. The van der Waals surface area contributed by atoms with Gasteiger partial charge >= 0.3 is 0 Å². The summed E-state index contributed by atoms with van der Waals surface area (Å²) in [7, 11) is 0. The fourth-order valence-corrected chi connectivity index (χ4v) is 1.83. The average molecular weight is 274 g/mol. The maximum atomic E-state index is 5.92. The van der Waals surface area contributed by atoms with Crippen molar-refractivity contribution in [2.75, 3.05) is 11.1 Å². The number of hydrogen-bond donors (Lipinski definition) is 1. The molecule has 0 aliphatic carbocycles. The summed E-state index contributed by atoms with van der Waals surface area (Å²) < 4.78 is 0. The van der Waals surface area contributed by atoms with Gasteiger partial charge in [-0.1, -0.05) is 52.0 Å². The third-order valence-electron chi connectivity index (χ3n) is 2.40. The topological polar surface area (TPSA) is 26.0 Å². The normalized spacial score (nSPS) is 9.81. The number of nitrogens with two attached hydrogens (primary N) is 1. The van der Waals surface area contributed by atoms with Gasteiger partial charge in [-0.05, 0) is 17.5 Å². The molecular weight excluding hydrogens is 262 g/mol. The highest BCUT2D eigenvalue weighted by Crippen LogP contribution is 2.23. The van der Waals surface area contributed by atoms with Crippen LogP contribution in [0.3, 0.4) is 0 Å². The Hall–Kier alpha value is -1.46. The minimum absolute atomic E-state index is 0.807. The van der Waals surface area contributed by atoms with Crippen molar-refractivity contribution in [1.29, 1.82) is 0 Å². The van der Waals surface area contributed by atoms with Crippen molar-refractivity contribution in [3.8, 4) is 11.8 Å². The monoisotopic (exact) mass is 273 g/mol. The number of hydrogen-bond acceptors (Lipinski definition) is 1. The van der Waals surface area contributed by atoms with E-state index in [1.165, 1.54) is 0 Å². The van der Waals surface area contributed by atoms with Crippen LogP contribution in [0.4, 0.5) is 5.69 Å². The van der Waals surface area contributed by atoms with Crippen molar-refractivity contribution in [3.05, 3.63) is 42.0 Å². The first-order valence-corrected chi connectivity index (χ1v) is 6.27. The Balaban J connectivity index is 2.56. The molecule has 0 saturated heterocycles. The minimum Gasteiger partial charge on any atom is -0.398 e. The van der Waals surface area contributed by atoms with Crippen LogP contribution in [0.15, 0.2) is 36.4 Å². The lowest BCUT2D eigenvalue weighted by atomic mass is 10.0. The van der Waals surface area contributed by atoms with Crippen LogP contribution < -0.4 is 5.73 Å². The highest BCUT2D eigenvalue weighted by molar-refractivity contribution is 9.09. The van der Waals surface area contributed by atoms with Gasteiger partial charge in [0.15, 0.2) is 0 Å². The number of nitrogen functional groups attached to an aromatic ring is 1. The van der Waals surface area contributed by atoms with Crippen molar-refractivity contribution >= 4 is 32.4 Å². The standard InChI is InChI=1S/C14H12BrN/c15-10-4-3-5-11-8-9-14(16)13-7-2-1-6-12(11)13/h1-2,6-9H,4,10,16H2. The molecule has 0 unspecified atom stereocenters. The molecule has 2 N–H and O–H groups in total. The molecule has 2 aromatic rings. The lowest BCUT2D eigenvalue weighted by Gasteiger charge is -2.03. The third-order valence-corrected chi connectivity index (χ3v) is 2.80. The quantitative estimate of drug-likeness (QED) is 0.480. The number of fused-ring (bicyclic) bond motifs is 1. The van der Waals surface area contributed by atoms with E-state index in [-0.39, 0.29) is 0 Å². The van der Waals surface area contributed by atoms with Crippen molar-refractivity contribution in [2.24, 2.45) is 0 Å². The minimum atomic E-state index is 0.807. The number of alkyl halides is 1. The summed E-state index contributed by atoms with van der Waals surface area (Å²) >= 11 is 3.36. The summed E-state index contributed by atoms with van der Waals surface area (Å²) in [5.41, 5.74) is 7.78. The fourth-order valence-electron chi connectivity index (χ4n) is 1.64. The zero-order valence-electron chi connectivity index (χ0n) is 8.83. The SMILES string of the molecule is Nc1ccc(C#CCCBr)c2ccccc12. The van der Waals surface area contributed by atoms with E-state index < -0.39 is 0 Å². The van der Waals surface area contributed by atoms with Crippen molar-refractivity contribution in [1.82, 2.24) is 0 Å². The molecule has 2 rings (SSSR count). The first-order valence-electron chi connectivity index (χ1n) is 5.15. The first kappa shape index (κ1) is 11.0. The molecule has 1 nitrogen and oxygen atoms in total. The Morgan fingerprint density at radius 2 is 1.81 bits per heavy atom. The zero-order valence-corrected chi connectivity index (χ0v) is 10.4. The molecule has 0 saturated carbocycles. The van der Waals surface area contributed by atoms with Gasteiger partial charge in [0.1, 0.15) is 0 Å². The van der Waals surface area contributed by atoms with Gasteiger partial charge in [-0.25, -0.2) is 0 Å². The van der Waals surface area contributed by atoms with E-state index in [1.807, 2.05) is 30.3 Å². The largest absolute Gasteiger partial charge is 0.398 e. The third kappa shape index (κ3) is 2.20. The summed E-state index contributed by atoms with van der Waals surface area (Å²) in [6.07, 6.45) is 0.860. The first-order chi connectivity index (χ1) is 7.83. The summed E-state index contributed by atoms with van der Waals surface area (Å²) in [4.78, 5) is 0. The second kappa shape index (κ2) is 5.05. The van der Waals surface area contributed by atoms with Crippen LogP contribution in [-0.2, 0) is 0 Å². The Labute approximate surface area is 104 Å². The van der Waals surface area contributed by atoms with Crippen molar-refractivity contribution < 1.29 is 0 Å². The Bertz CT molecular complexity index is 564. The van der Waals surface area contributed by atoms with Crippen LogP contribution in [0, 0.1) is 11.8 Å². The molecule has 0 spiro atoms. The molecule has 80 valence electrons. The summed E-state index contributed by atoms with van der Waals surface area (Å²) in [5.74, 6) is 6.31. The van der Waals surface area contributed by atoms with Gasteiger partial charge in [0, 0.05) is 28.4 Å². The Morgan fingerprint density at radius 3 is 2.56 bits per heavy atom. The smallest absolute Gasteiger partial charge is 0.0394 e. The number of rotatable bonds is 1. The zero-order chi connectivity index (χ0) is 11.4. The van der Waals surface area contributed by atoms with Crippen LogP contribution in [0.2, 0.25) is 0 Å². The van der Waals surface area contributed by atoms with E-state index in [4.69, 9.17) is 5.73 Å². The molecule has 0 heterocycles. The Morgan fingerprint density at radius 1 is 1.06 bits per heavy atom. The number of halogens is 1. The lowest BCUT2D eigenvalue weighted by Crippen LogP contribution is -1.88. The lowest BCUT2D eigenvalue weighted by molar-refractivity contribution is 1.32. The molecule has 0 aliphatic heterocycles. The summed E-state index contributed by atoms with van der Waals surface area (Å²) in [6, 6.07) is 12.0. The van der Waals surface area contributed by atoms with Crippen molar-refractivity contribution in [3.63, 3.8) is 0 Å². The van der Waals surface area contributed by atoms with E-state index in [0.717, 1.165) is 33.8 Å². The van der Waals surface area contributed by atoms with Gasteiger partial charge in [-0.2, -0.15) is 0 Å². The molecule has 2 aromatic carbocycles. The molecule has 0 bridgehead atoms. The second-order valence-corrected chi connectivity index (χ2v) is 4.28. The molecule has 0 atom stereocenters. The van der Waals surface area contributed by atoms with Crippen LogP contribution in [0.25, 0.3) is 10.8 Å². The van der Waals surface area contributed by atoms with Gasteiger partial charge in [0.25, 0.3) is 0 Å². The molecule has 0 fully saturated rings.